The summed E-state index contributed by atoms with van der Waals surface area (Å²) in [5.41, 5.74) is 3.48. The highest BCUT2D eigenvalue weighted by atomic mass is 16.5. The van der Waals surface area contributed by atoms with Crippen molar-refractivity contribution in [2.75, 3.05) is 0 Å². The SMILES string of the molecule is Cn1nccc1-c1cncc(CNC(=O)OCc2ccccn2)c1. The molecule has 3 aromatic rings. The van der Waals surface area contributed by atoms with Gasteiger partial charge in [-0.2, -0.15) is 5.10 Å². The molecule has 0 aliphatic carbocycles. The van der Waals surface area contributed by atoms with Crippen LogP contribution in [0.15, 0.2) is 55.1 Å². The Morgan fingerprint density at radius 1 is 1.25 bits per heavy atom. The Hall–Kier alpha value is -3.22. The molecule has 24 heavy (non-hydrogen) atoms. The Labute approximate surface area is 139 Å². The molecule has 7 heteroatoms. The fourth-order valence-corrected chi connectivity index (χ4v) is 2.23. The van der Waals surface area contributed by atoms with Crippen LogP contribution in [0.4, 0.5) is 4.79 Å². The number of aryl methyl sites for hydroxylation is 1. The lowest BCUT2D eigenvalue weighted by Gasteiger charge is -2.08. The second kappa shape index (κ2) is 7.36. The van der Waals surface area contributed by atoms with Crippen molar-refractivity contribution in [3.8, 4) is 11.3 Å². The van der Waals surface area contributed by atoms with Crippen molar-refractivity contribution >= 4 is 6.09 Å². The molecule has 0 fully saturated rings. The van der Waals surface area contributed by atoms with Gasteiger partial charge in [-0.3, -0.25) is 14.6 Å². The molecule has 0 atom stereocenters. The van der Waals surface area contributed by atoms with Gasteiger partial charge in [0.15, 0.2) is 0 Å². The highest BCUT2D eigenvalue weighted by Crippen LogP contribution is 2.18. The van der Waals surface area contributed by atoms with Gasteiger partial charge >= 0.3 is 6.09 Å². The van der Waals surface area contributed by atoms with Crippen molar-refractivity contribution in [3.05, 3.63) is 66.4 Å². The molecule has 1 N–H and O–H groups in total. The predicted octanol–water partition coefficient (Wildman–Crippen LogP) is 2.30. The lowest BCUT2D eigenvalue weighted by Crippen LogP contribution is -2.23. The quantitative estimate of drug-likeness (QED) is 0.779. The maximum Gasteiger partial charge on any atom is 0.407 e. The smallest absolute Gasteiger partial charge is 0.407 e. The average molecular weight is 323 g/mol. The van der Waals surface area contributed by atoms with Crippen LogP contribution < -0.4 is 5.32 Å². The van der Waals surface area contributed by atoms with E-state index in [0.29, 0.717) is 12.2 Å². The Kier molecular flexibility index (Phi) is 4.81. The van der Waals surface area contributed by atoms with Crippen molar-refractivity contribution in [1.29, 1.82) is 0 Å². The van der Waals surface area contributed by atoms with Gasteiger partial charge in [-0.15, -0.1) is 0 Å². The number of alkyl carbamates (subject to hydrolysis) is 1. The molecular formula is C17H17N5O2. The summed E-state index contributed by atoms with van der Waals surface area (Å²) in [5, 5.41) is 6.85. The molecule has 122 valence electrons. The molecule has 0 spiro atoms. The molecular weight excluding hydrogens is 306 g/mol. The number of amides is 1. The standard InChI is InChI=1S/C17H17N5O2/c1-22-16(5-7-21-22)14-8-13(9-18-11-14)10-20-17(23)24-12-15-4-2-3-6-19-15/h2-9,11H,10,12H2,1H3,(H,20,23). The largest absolute Gasteiger partial charge is 0.443 e. The zero-order valence-corrected chi connectivity index (χ0v) is 13.2. The van der Waals surface area contributed by atoms with E-state index in [1.165, 1.54) is 0 Å². The van der Waals surface area contributed by atoms with Gasteiger partial charge in [-0.1, -0.05) is 6.07 Å². The molecule has 0 aromatic carbocycles. The lowest BCUT2D eigenvalue weighted by molar-refractivity contribution is 0.137. The number of aromatic nitrogens is 4. The normalized spacial score (nSPS) is 10.4. The number of nitrogens with zero attached hydrogens (tertiary/aromatic N) is 4. The zero-order valence-electron chi connectivity index (χ0n) is 13.2. The van der Waals surface area contributed by atoms with E-state index in [1.54, 1.807) is 35.5 Å². The second-order valence-corrected chi connectivity index (χ2v) is 5.17. The summed E-state index contributed by atoms with van der Waals surface area (Å²) in [6.07, 6.45) is 6.37. The van der Waals surface area contributed by atoms with Crippen LogP contribution in [0, 0.1) is 0 Å². The van der Waals surface area contributed by atoms with Crippen LogP contribution in [0.1, 0.15) is 11.3 Å². The van der Waals surface area contributed by atoms with Crippen LogP contribution in [0.25, 0.3) is 11.3 Å². The summed E-state index contributed by atoms with van der Waals surface area (Å²) >= 11 is 0. The summed E-state index contributed by atoms with van der Waals surface area (Å²) in [4.78, 5) is 20.1. The van der Waals surface area contributed by atoms with Crippen LogP contribution in [0.5, 0.6) is 0 Å². The van der Waals surface area contributed by atoms with Gasteiger partial charge < -0.3 is 10.1 Å². The molecule has 0 saturated carbocycles. The Balaban J connectivity index is 1.55. The zero-order chi connectivity index (χ0) is 16.8. The number of hydrogen-bond acceptors (Lipinski definition) is 5. The fraction of sp³-hybridized carbons (Fsp3) is 0.176. The van der Waals surface area contributed by atoms with E-state index in [2.05, 4.69) is 20.4 Å². The van der Waals surface area contributed by atoms with E-state index < -0.39 is 6.09 Å². The van der Waals surface area contributed by atoms with E-state index in [0.717, 1.165) is 16.8 Å². The molecule has 3 aromatic heterocycles. The van der Waals surface area contributed by atoms with Crippen molar-refractivity contribution in [1.82, 2.24) is 25.1 Å². The first kappa shape index (κ1) is 15.7. The predicted molar refractivity (Wildman–Crippen MR) is 87.7 cm³/mol. The van der Waals surface area contributed by atoms with E-state index in [-0.39, 0.29) is 6.61 Å². The average Bonchev–Trinajstić information content (AvgIpc) is 3.05. The highest BCUT2D eigenvalue weighted by molar-refractivity contribution is 5.67. The Bertz CT molecular complexity index is 817. The molecule has 0 unspecified atom stereocenters. The molecule has 3 heterocycles. The minimum atomic E-state index is -0.494. The molecule has 3 rings (SSSR count). The van der Waals surface area contributed by atoms with Crippen LogP contribution >= 0.6 is 0 Å². The van der Waals surface area contributed by atoms with Crippen LogP contribution in [-0.2, 0) is 24.9 Å². The van der Waals surface area contributed by atoms with Gasteiger partial charge in [-0.25, -0.2) is 4.79 Å². The number of pyridine rings is 2. The number of carbonyl (C=O) groups is 1. The molecule has 0 saturated heterocycles. The van der Waals surface area contributed by atoms with Crippen LogP contribution in [0.3, 0.4) is 0 Å². The van der Waals surface area contributed by atoms with Crippen LogP contribution in [-0.4, -0.2) is 25.8 Å². The maximum absolute atomic E-state index is 11.8. The third-order valence-electron chi connectivity index (χ3n) is 3.43. The van der Waals surface area contributed by atoms with Gasteiger partial charge in [0.05, 0.1) is 11.4 Å². The number of carbonyl (C=O) groups excluding carboxylic acids is 1. The molecule has 0 aliphatic rings. The second-order valence-electron chi connectivity index (χ2n) is 5.17. The topological polar surface area (TPSA) is 81.9 Å². The summed E-state index contributed by atoms with van der Waals surface area (Å²) in [7, 11) is 1.87. The maximum atomic E-state index is 11.8. The van der Waals surface area contributed by atoms with E-state index in [9.17, 15) is 4.79 Å². The summed E-state index contributed by atoms with van der Waals surface area (Å²) in [5.74, 6) is 0. The van der Waals surface area contributed by atoms with Gasteiger partial charge in [0.2, 0.25) is 0 Å². The number of rotatable bonds is 5. The molecule has 7 nitrogen and oxygen atoms in total. The molecule has 1 amide bonds. The van der Waals surface area contributed by atoms with E-state index in [4.69, 9.17) is 4.74 Å². The Morgan fingerprint density at radius 2 is 2.17 bits per heavy atom. The number of hydrogen-bond donors (Lipinski definition) is 1. The lowest BCUT2D eigenvalue weighted by atomic mass is 10.1. The summed E-state index contributed by atoms with van der Waals surface area (Å²) in [6.45, 7) is 0.472. The van der Waals surface area contributed by atoms with Gasteiger partial charge in [0, 0.05) is 43.9 Å². The minimum Gasteiger partial charge on any atom is -0.443 e. The summed E-state index contributed by atoms with van der Waals surface area (Å²) < 4.78 is 6.90. The monoisotopic (exact) mass is 323 g/mol. The van der Waals surface area contributed by atoms with E-state index >= 15 is 0 Å². The number of ether oxygens (including phenoxy) is 1. The van der Waals surface area contributed by atoms with Crippen LogP contribution in [0.2, 0.25) is 0 Å². The number of nitrogens with one attached hydrogen (secondary N) is 1. The molecule has 0 bridgehead atoms. The van der Waals surface area contributed by atoms with Crippen molar-refractivity contribution in [3.63, 3.8) is 0 Å². The van der Waals surface area contributed by atoms with Crippen molar-refractivity contribution in [2.24, 2.45) is 7.05 Å². The van der Waals surface area contributed by atoms with Crippen molar-refractivity contribution in [2.45, 2.75) is 13.2 Å². The fourth-order valence-electron chi connectivity index (χ4n) is 2.23. The first-order valence-corrected chi connectivity index (χ1v) is 7.45. The molecule has 0 radical (unpaired) electrons. The highest BCUT2D eigenvalue weighted by Gasteiger charge is 2.06. The molecule has 0 aliphatic heterocycles. The first-order chi connectivity index (χ1) is 11.7. The van der Waals surface area contributed by atoms with Gasteiger partial charge in [0.25, 0.3) is 0 Å². The van der Waals surface area contributed by atoms with E-state index in [1.807, 2.05) is 31.3 Å². The van der Waals surface area contributed by atoms with Gasteiger partial charge in [0.1, 0.15) is 6.61 Å². The third-order valence-corrected chi connectivity index (χ3v) is 3.43. The third kappa shape index (κ3) is 3.95. The summed E-state index contributed by atoms with van der Waals surface area (Å²) in [6, 6.07) is 9.33. The van der Waals surface area contributed by atoms with Gasteiger partial charge in [-0.05, 0) is 29.8 Å². The first-order valence-electron chi connectivity index (χ1n) is 7.45. The Morgan fingerprint density at radius 3 is 2.92 bits per heavy atom. The van der Waals surface area contributed by atoms with Crippen molar-refractivity contribution < 1.29 is 9.53 Å². The minimum absolute atomic E-state index is 0.139.